The molecule has 0 atom stereocenters. The van der Waals surface area contributed by atoms with E-state index in [-0.39, 0.29) is 0 Å². The zero-order chi connectivity index (χ0) is 12.8. The van der Waals surface area contributed by atoms with Crippen LogP contribution in [0.2, 0.25) is 0 Å². The van der Waals surface area contributed by atoms with Crippen molar-refractivity contribution in [1.29, 1.82) is 5.26 Å². The summed E-state index contributed by atoms with van der Waals surface area (Å²) in [5, 5.41) is 8.71. The van der Waals surface area contributed by atoms with Crippen molar-refractivity contribution in [1.82, 2.24) is 0 Å². The van der Waals surface area contributed by atoms with E-state index in [4.69, 9.17) is 10.00 Å². The second-order valence-corrected chi connectivity index (χ2v) is 4.05. The van der Waals surface area contributed by atoms with E-state index >= 15 is 0 Å². The topological polar surface area (TPSA) is 33.0 Å². The Morgan fingerprint density at radius 1 is 1.00 bits per heavy atom. The van der Waals surface area contributed by atoms with Crippen LogP contribution in [-0.2, 0) is 13.0 Å². The van der Waals surface area contributed by atoms with Gasteiger partial charge in [0, 0.05) is 0 Å². The third-order valence-electron chi connectivity index (χ3n) is 2.88. The Bertz CT molecular complexity index is 552. The molecule has 0 N–H and O–H groups in total. The summed E-state index contributed by atoms with van der Waals surface area (Å²) < 4.78 is 5.72. The molecule has 0 unspecified atom stereocenters. The van der Waals surface area contributed by atoms with E-state index in [1.54, 1.807) is 12.1 Å². The summed E-state index contributed by atoms with van der Waals surface area (Å²) >= 11 is 0. The first-order valence-electron chi connectivity index (χ1n) is 6.03. The van der Waals surface area contributed by atoms with E-state index in [1.807, 2.05) is 24.3 Å². The molecule has 0 aromatic heterocycles. The first kappa shape index (κ1) is 12.2. The van der Waals surface area contributed by atoms with Crippen molar-refractivity contribution < 1.29 is 4.74 Å². The lowest BCUT2D eigenvalue weighted by Gasteiger charge is -2.09. The molecule has 0 aliphatic carbocycles. The van der Waals surface area contributed by atoms with Crippen LogP contribution < -0.4 is 4.74 Å². The summed E-state index contributed by atoms with van der Waals surface area (Å²) in [5.41, 5.74) is 3.17. The Morgan fingerprint density at radius 2 is 1.67 bits per heavy atom. The molecule has 0 saturated heterocycles. The summed E-state index contributed by atoms with van der Waals surface area (Å²) in [6.45, 7) is 2.70. The van der Waals surface area contributed by atoms with Crippen molar-refractivity contribution in [2.24, 2.45) is 0 Å². The molecule has 0 fully saturated rings. The molecule has 0 radical (unpaired) electrons. The minimum Gasteiger partial charge on any atom is -0.489 e. The van der Waals surface area contributed by atoms with Gasteiger partial charge in [-0.3, -0.25) is 0 Å². The Kier molecular flexibility index (Phi) is 3.98. The summed E-state index contributed by atoms with van der Waals surface area (Å²) in [5.74, 6) is 0.792. The number of aryl methyl sites for hydroxylation is 1. The average molecular weight is 237 g/mol. The zero-order valence-corrected chi connectivity index (χ0v) is 10.4. The van der Waals surface area contributed by atoms with E-state index in [2.05, 4.69) is 25.1 Å². The highest BCUT2D eigenvalue weighted by Crippen LogP contribution is 2.16. The molecule has 90 valence electrons. The molecule has 2 heteroatoms. The lowest BCUT2D eigenvalue weighted by Crippen LogP contribution is -1.99. The number of rotatable bonds is 4. The van der Waals surface area contributed by atoms with Crippen molar-refractivity contribution in [3.8, 4) is 11.8 Å². The standard InChI is InChI=1S/C16H15NO/c1-2-14-5-3-4-6-15(14)12-18-16-9-7-13(11-17)8-10-16/h3-10H,2,12H2,1H3. The molecule has 0 spiro atoms. The Hall–Kier alpha value is -2.27. The molecule has 0 saturated carbocycles. The van der Waals surface area contributed by atoms with Crippen molar-refractivity contribution in [3.05, 3.63) is 65.2 Å². The highest BCUT2D eigenvalue weighted by molar-refractivity contribution is 5.35. The van der Waals surface area contributed by atoms with Gasteiger partial charge in [-0.25, -0.2) is 0 Å². The Labute approximate surface area is 107 Å². The van der Waals surface area contributed by atoms with Crippen LogP contribution in [0.15, 0.2) is 48.5 Å². The van der Waals surface area contributed by atoms with Crippen molar-refractivity contribution in [3.63, 3.8) is 0 Å². The van der Waals surface area contributed by atoms with E-state index in [9.17, 15) is 0 Å². The van der Waals surface area contributed by atoms with Crippen LogP contribution >= 0.6 is 0 Å². The van der Waals surface area contributed by atoms with E-state index in [1.165, 1.54) is 11.1 Å². The van der Waals surface area contributed by atoms with Crippen LogP contribution in [-0.4, -0.2) is 0 Å². The van der Waals surface area contributed by atoms with E-state index in [0.717, 1.165) is 12.2 Å². The highest BCUT2D eigenvalue weighted by Gasteiger charge is 2.01. The van der Waals surface area contributed by atoms with Crippen LogP contribution in [0.1, 0.15) is 23.6 Å². The smallest absolute Gasteiger partial charge is 0.119 e. The van der Waals surface area contributed by atoms with Gasteiger partial charge in [0.15, 0.2) is 0 Å². The fourth-order valence-corrected chi connectivity index (χ4v) is 1.83. The number of ether oxygens (including phenoxy) is 1. The van der Waals surface area contributed by atoms with Crippen LogP contribution in [0, 0.1) is 11.3 Å². The van der Waals surface area contributed by atoms with Gasteiger partial charge in [0.05, 0.1) is 11.6 Å². The number of nitrogens with zero attached hydrogens (tertiary/aromatic N) is 1. The SMILES string of the molecule is CCc1ccccc1COc1ccc(C#N)cc1. The number of hydrogen-bond acceptors (Lipinski definition) is 2. The summed E-state index contributed by atoms with van der Waals surface area (Å²) in [4.78, 5) is 0. The number of benzene rings is 2. The molecule has 0 aliphatic rings. The van der Waals surface area contributed by atoms with Gasteiger partial charge in [0.25, 0.3) is 0 Å². The van der Waals surface area contributed by atoms with Gasteiger partial charge in [-0.1, -0.05) is 31.2 Å². The maximum absolute atomic E-state index is 8.71. The van der Waals surface area contributed by atoms with Crippen molar-refractivity contribution in [2.75, 3.05) is 0 Å². The monoisotopic (exact) mass is 237 g/mol. The molecule has 2 nitrogen and oxygen atoms in total. The van der Waals surface area contributed by atoms with Gasteiger partial charge in [-0.05, 0) is 41.8 Å². The molecule has 0 heterocycles. The Balaban J connectivity index is 2.04. The molecule has 0 amide bonds. The molecule has 18 heavy (non-hydrogen) atoms. The maximum Gasteiger partial charge on any atom is 0.119 e. The van der Waals surface area contributed by atoms with Gasteiger partial charge in [-0.15, -0.1) is 0 Å². The first-order chi connectivity index (χ1) is 8.83. The third-order valence-corrected chi connectivity index (χ3v) is 2.88. The van der Waals surface area contributed by atoms with Gasteiger partial charge < -0.3 is 4.74 Å². The van der Waals surface area contributed by atoms with Crippen molar-refractivity contribution >= 4 is 0 Å². The van der Waals surface area contributed by atoms with Crippen LogP contribution in [0.25, 0.3) is 0 Å². The third kappa shape index (κ3) is 2.89. The molecule has 0 bridgehead atoms. The fraction of sp³-hybridized carbons (Fsp3) is 0.188. The molecule has 2 aromatic carbocycles. The first-order valence-corrected chi connectivity index (χ1v) is 6.03. The summed E-state index contributed by atoms with van der Waals surface area (Å²) in [6, 6.07) is 17.6. The molecular formula is C16H15NO. The second-order valence-electron chi connectivity index (χ2n) is 4.05. The second kappa shape index (κ2) is 5.88. The minimum atomic E-state index is 0.565. The summed E-state index contributed by atoms with van der Waals surface area (Å²) in [7, 11) is 0. The minimum absolute atomic E-state index is 0.565. The van der Waals surface area contributed by atoms with Gasteiger partial charge in [0.2, 0.25) is 0 Å². The number of nitriles is 1. The largest absolute Gasteiger partial charge is 0.489 e. The quantitative estimate of drug-likeness (QED) is 0.812. The van der Waals surface area contributed by atoms with Gasteiger partial charge >= 0.3 is 0 Å². The normalized spacial score (nSPS) is 9.78. The fourth-order valence-electron chi connectivity index (χ4n) is 1.83. The molecule has 2 rings (SSSR count). The predicted octanol–water partition coefficient (Wildman–Crippen LogP) is 3.70. The summed E-state index contributed by atoms with van der Waals surface area (Å²) in [6.07, 6.45) is 1.01. The van der Waals surface area contributed by atoms with Crippen LogP contribution in [0.5, 0.6) is 5.75 Å². The average Bonchev–Trinajstić information content (AvgIpc) is 2.46. The molecular weight excluding hydrogens is 222 g/mol. The van der Waals surface area contributed by atoms with E-state index in [0.29, 0.717) is 12.2 Å². The van der Waals surface area contributed by atoms with Gasteiger partial charge in [-0.2, -0.15) is 5.26 Å². The number of hydrogen-bond donors (Lipinski definition) is 0. The lowest BCUT2D eigenvalue weighted by molar-refractivity contribution is 0.305. The van der Waals surface area contributed by atoms with Crippen LogP contribution in [0.4, 0.5) is 0 Å². The lowest BCUT2D eigenvalue weighted by atomic mass is 10.1. The maximum atomic E-state index is 8.71. The molecule has 0 aliphatic heterocycles. The van der Waals surface area contributed by atoms with E-state index < -0.39 is 0 Å². The van der Waals surface area contributed by atoms with Gasteiger partial charge in [0.1, 0.15) is 12.4 Å². The highest BCUT2D eigenvalue weighted by atomic mass is 16.5. The predicted molar refractivity (Wildman–Crippen MR) is 71.3 cm³/mol. The molecule has 2 aromatic rings. The van der Waals surface area contributed by atoms with Crippen LogP contribution in [0.3, 0.4) is 0 Å². The zero-order valence-electron chi connectivity index (χ0n) is 10.4. The Morgan fingerprint density at radius 3 is 2.28 bits per heavy atom. The van der Waals surface area contributed by atoms with Crippen molar-refractivity contribution in [2.45, 2.75) is 20.0 Å².